The van der Waals surface area contributed by atoms with E-state index in [0.29, 0.717) is 0 Å². The fraction of sp³-hybridized carbons (Fsp3) is 0.583. The molecule has 82 valence electrons. The Kier molecular flexibility index (Phi) is 4.11. The van der Waals surface area contributed by atoms with Crippen LogP contribution >= 0.6 is 0 Å². The molecule has 0 aliphatic carbocycles. The number of ether oxygens (including phenoxy) is 2. The molecule has 0 radical (unpaired) electrons. The fourth-order valence-corrected chi connectivity index (χ4v) is 1.72. The predicted octanol–water partition coefficient (Wildman–Crippen LogP) is 2.17. The molecule has 0 amide bonds. The molecule has 1 saturated heterocycles. The Bertz CT molecular complexity index is 270. The van der Waals surface area contributed by atoms with Crippen molar-refractivity contribution in [1.29, 1.82) is 0 Å². The SMILES string of the molecule is c1cncc(CCCC2OCCCO2)c1. The first-order valence-electron chi connectivity index (χ1n) is 5.57. The minimum absolute atomic E-state index is 0.0235. The molecule has 0 spiro atoms. The van der Waals surface area contributed by atoms with Gasteiger partial charge in [-0.25, -0.2) is 0 Å². The highest BCUT2D eigenvalue weighted by Gasteiger charge is 2.13. The van der Waals surface area contributed by atoms with Crippen molar-refractivity contribution in [2.24, 2.45) is 0 Å². The number of hydrogen-bond donors (Lipinski definition) is 0. The van der Waals surface area contributed by atoms with Crippen LogP contribution < -0.4 is 0 Å². The lowest BCUT2D eigenvalue weighted by atomic mass is 10.1. The van der Waals surface area contributed by atoms with Crippen LogP contribution in [0.5, 0.6) is 0 Å². The van der Waals surface area contributed by atoms with Crippen LogP contribution in [0.15, 0.2) is 24.5 Å². The van der Waals surface area contributed by atoms with Crippen LogP contribution in [0.2, 0.25) is 0 Å². The van der Waals surface area contributed by atoms with E-state index in [9.17, 15) is 0 Å². The Morgan fingerprint density at radius 3 is 2.93 bits per heavy atom. The summed E-state index contributed by atoms with van der Waals surface area (Å²) in [5, 5.41) is 0. The number of aromatic nitrogens is 1. The van der Waals surface area contributed by atoms with Gasteiger partial charge in [-0.15, -0.1) is 0 Å². The quantitative estimate of drug-likeness (QED) is 0.758. The van der Waals surface area contributed by atoms with Gasteiger partial charge in [0.05, 0.1) is 13.2 Å². The maximum Gasteiger partial charge on any atom is 0.157 e. The van der Waals surface area contributed by atoms with E-state index in [-0.39, 0.29) is 6.29 Å². The average molecular weight is 207 g/mol. The Labute approximate surface area is 90.4 Å². The van der Waals surface area contributed by atoms with Gasteiger partial charge in [0.2, 0.25) is 0 Å². The monoisotopic (exact) mass is 207 g/mol. The maximum absolute atomic E-state index is 5.48. The Morgan fingerprint density at radius 2 is 2.20 bits per heavy atom. The molecule has 1 fully saturated rings. The zero-order valence-corrected chi connectivity index (χ0v) is 8.89. The number of pyridine rings is 1. The zero-order valence-electron chi connectivity index (χ0n) is 8.89. The van der Waals surface area contributed by atoms with Crippen molar-refractivity contribution in [3.8, 4) is 0 Å². The lowest BCUT2D eigenvalue weighted by Crippen LogP contribution is -2.24. The minimum Gasteiger partial charge on any atom is -0.353 e. The summed E-state index contributed by atoms with van der Waals surface area (Å²) in [5.74, 6) is 0. The molecule has 0 atom stereocenters. The summed E-state index contributed by atoms with van der Waals surface area (Å²) in [6, 6.07) is 4.08. The standard InChI is InChI=1S/C12H17NO2/c1(4-11-5-2-7-13-10-11)6-12-14-8-3-9-15-12/h2,5,7,10,12H,1,3-4,6,8-9H2. The number of rotatable bonds is 4. The summed E-state index contributed by atoms with van der Waals surface area (Å²) in [6.45, 7) is 1.69. The molecule has 15 heavy (non-hydrogen) atoms. The molecule has 1 aliphatic heterocycles. The molecule has 3 heteroatoms. The predicted molar refractivity (Wildman–Crippen MR) is 57.5 cm³/mol. The van der Waals surface area contributed by atoms with Gasteiger partial charge >= 0.3 is 0 Å². The summed E-state index contributed by atoms with van der Waals surface area (Å²) in [6.07, 6.45) is 7.90. The molecule has 2 rings (SSSR count). The van der Waals surface area contributed by atoms with Gasteiger partial charge in [-0.05, 0) is 37.3 Å². The van der Waals surface area contributed by atoms with E-state index in [2.05, 4.69) is 11.1 Å². The molecular formula is C12H17NO2. The zero-order chi connectivity index (χ0) is 10.3. The molecule has 1 aliphatic rings. The molecule has 0 aromatic carbocycles. The molecule has 0 bridgehead atoms. The molecule has 0 unspecified atom stereocenters. The highest BCUT2D eigenvalue weighted by Crippen LogP contribution is 2.12. The average Bonchev–Trinajstić information content (AvgIpc) is 2.32. The molecule has 2 heterocycles. The number of aryl methyl sites for hydroxylation is 1. The van der Waals surface area contributed by atoms with E-state index in [4.69, 9.17) is 9.47 Å². The van der Waals surface area contributed by atoms with Crippen LogP contribution in [0.1, 0.15) is 24.8 Å². The first-order chi connectivity index (χ1) is 7.45. The summed E-state index contributed by atoms with van der Waals surface area (Å²) in [7, 11) is 0. The van der Waals surface area contributed by atoms with Crippen molar-refractivity contribution in [3.63, 3.8) is 0 Å². The van der Waals surface area contributed by atoms with Gasteiger partial charge in [-0.3, -0.25) is 4.98 Å². The first-order valence-corrected chi connectivity index (χ1v) is 5.57. The molecule has 1 aromatic heterocycles. The van der Waals surface area contributed by atoms with Crippen molar-refractivity contribution in [2.45, 2.75) is 32.0 Å². The van der Waals surface area contributed by atoms with E-state index in [1.165, 1.54) is 5.56 Å². The highest BCUT2D eigenvalue weighted by molar-refractivity contribution is 5.08. The van der Waals surface area contributed by atoms with Crippen LogP contribution in [0, 0.1) is 0 Å². The fourth-order valence-electron chi connectivity index (χ4n) is 1.72. The van der Waals surface area contributed by atoms with Crippen molar-refractivity contribution in [1.82, 2.24) is 4.98 Å². The van der Waals surface area contributed by atoms with Crippen molar-refractivity contribution < 1.29 is 9.47 Å². The van der Waals surface area contributed by atoms with Crippen LogP contribution in [-0.2, 0) is 15.9 Å². The van der Waals surface area contributed by atoms with Crippen LogP contribution in [0.25, 0.3) is 0 Å². The van der Waals surface area contributed by atoms with Gasteiger partial charge in [0.15, 0.2) is 6.29 Å². The van der Waals surface area contributed by atoms with E-state index in [0.717, 1.165) is 38.9 Å². The van der Waals surface area contributed by atoms with Crippen LogP contribution in [0.3, 0.4) is 0 Å². The highest BCUT2D eigenvalue weighted by atomic mass is 16.7. The Hall–Kier alpha value is -0.930. The summed E-state index contributed by atoms with van der Waals surface area (Å²) >= 11 is 0. The third-order valence-electron chi connectivity index (χ3n) is 2.52. The minimum atomic E-state index is 0.0235. The smallest absolute Gasteiger partial charge is 0.157 e. The maximum atomic E-state index is 5.48. The topological polar surface area (TPSA) is 31.4 Å². The van der Waals surface area contributed by atoms with Gasteiger partial charge in [0.1, 0.15) is 0 Å². The Morgan fingerprint density at radius 1 is 1.33 bits per heavy atom. The Balaban J connectivity index is 1.66. The van der Waals surface area contributed by atoms with E-state index >= 15 is 0 Å². The van der Waals surface area contributed by atoms with Crippen LogP contribution in [0.4, 0.5) is 0 Å². The number of nitrogens with zero attached hydrogens (tertiary/aromatic N) is 1. The normalized spacial score (nSPS) is 17.9. The second-order valence-electron chi connectivity index (χ2n) is 3.78. The molecule has 3 nitrogen and oxygen atoms in total. The van der Waals surface area contributed by atoms with Gasteiger partial charge < -0.3 is 9.47 Å². The second-order valence-corrected chi connectivity index (χ2v) is 3.78. The lowest BCUT2D eigenvalue weighted by Gasteiger charge is -2.22. The van der Waals surface area contributed by atoms with Crippen molar-refractivity contribution in [3.05, 3.63) is 30.1 Å². The van der Waals surface area contributed by atoms with Crippen LogP contribution in [-0.4, -0.2) is 24.5 Å². The molecular weight excluding hydrogens is 190 g/mol. The van der Waals surface area contributed by atoms with Gasteiger partial charge in [-0.1, -0.05) is 6.07 Å². The van der Waals surface area contributed by atoms with Gasteiger partial charge in [0, 0.05) is 12.4 Å². The second kappa shape index (κ2) is 5.83. The third-order valence-corrected chi connectivity index (χ3v) is 2.52. The summed E-state index contributed by atoms with van der Waals surface area (Å²) < 4.78 is 11.0. The van der Waals surface area contributed by atoms with E-state index < -0.39 is 0 Å². The van der Waals surface area contributed by atoms with Crippen molar-refractivity contribution in [2.75, 3.05) is 13.2 Å². The largest absolute Gasteiger partial charge is 0.353 e. The third kappa shape index (κ3) is 3.61. The summed E-state index contributed by atoms with van der Waals surface area (Å²) in [4.78, 5) is 4.09. The summed E-state index contributed by atoms with van der Waals surface area (Å²) in [5.41, 5.74) is 1.29. The lowest BCUT2D eigenvalue weighted by molar-refractivity contribution is -0.181. The van der Waals surface area contributed by atoms with E-state index in [1.807, 2.05) is 12.3 Å². The van der Waals surface area contributed by atoms with E-state index in [1.54, 1.807) is 6.20 Å². The van der Waals surface area contributed by atoms with Gasteiger partial charge in [0.25, 0.3) is 0 Å². The van der Waals surface area contributed by atoms with Gasteiger partial charge in [-0.2, -0.15) is 0 Å². The molecule has 0 saturated carbocycles. The first kappa shape index (κ1) is 10.6. The number of hydrogen-bond acceptors (Lipinski definition) is 3. The molecule has 1 aromatic rings. The van der Waals surface area contributed by atoms with Crippen molar-refractivity contribution >= 4 is 0 Å². The molecule has 0 N–H and O–H groups in total.